The van der Waals surface area contributed by atoms with Gasteiger partial charge in [0.25, 0.3) is 5.91 Å². The van der Waals surface area contributed by atoms with Crippen LogP contribution in [0, 0.1) is 25.6 Å². The minimum absolute atomic E-state index is 0.0317. The molecule has 1 amide bonds. The molecule has 1 atom stereocenters. The summed E-state index contributed by atoms with van der Waals surface area (Å²) >= 11 is 0. The van der Waals surface area contributed by atoms with Gasteiger partial charge in [0.2, 0.25) is 0 Å². The third-order valence-corrected chi connectivity index (χ3v) is 5.51. The number of aryl methyl sites for hydroxylation is 2. The van der Waals surface area contributed by atoms with Crippen LogP contribution in [-0.2, 0) is 6.42 Å². The minimum atomic E-state index is -0.545. The number of hydrogen-bond acceptors (Lipinski definition) is 4. The predicted molar refractivity (Wildman–Crippen MR) is 111 cm³/mol. The van der Waals surface area contributed by atoms with Crippen LogP contribution >= 0.6 is 0 Å². The highest BCUT2D eigenvalue weighted by Crippen LogP contribution is 2.26. The minimum Gasteiger partial charge on any atom is -0.423 e. The summed E-state index contributed by atoms with van der Waals surface area (Å²) in [6.45, 7) is 5.56. The van der Waals surface area contributed by atoms with E-state index in [4.69, 9.17) is 4.42 Å². The second-order valence-electron chi connectivity index (χ2n) is 7.74. The van der Waals surface area contributed by atoms with Gasteiger partial charge in [0.05, 0.1) is 5.56 Å². The van der Waals surface area contributed by atoms with Gasteiger partial charge in [-0.05, 0) is 86.7 Å². The fraction of sp³-hybridized carbons (Fsp3) is 0.304. The molecule has 150 valence electrons. The van der Waals surface area contributed by atoms with Gasteiger partial charge in [-0.1, -0.05) is 6.07 Å². The number of benzene rings is 2. The lowest BCUT2D eigenvalue weighted by Gasteiger charge is -2.13. The van der Waals surface area contributed by atoms with Gasteiger partial charge >= 0.3 is 5.63 Å². The van der Waals surface area contributed by atoms with Crippen molar-refractivity contribution in [3.63, 3.8) is 0 Å². The van der Waals surface area contributed by atoms with E-state index in [-0.39, 0.29) is 5.56 Å². The number of rotatable bonds is 4. The molecule has 0 radical (unpaired) electrons. The van der Waals surface area contributed by atoms with E-state index in [1.165, 1.54) is 12.1 Å². The van der Waals surface area contributed by atoms with Crippen LogP contribution in [0.1, 0.15) is 33.5 Å². The molecule has 1 unspecified atom stereocenters. The average molecular weight is 394 g/mol. The normalized spacial score (nSPS) is 16.3. The van der Waals surface area contributed by atoms with E-state index >= 15 is 0 Å². The number of carbonyl (C=O) groups excluding carboxylic acids is 1. The predicted octanol–water partition coefficient (Wildman–Crippen LogP) is 3.95. The number of hydrogen-bond donors (Lipinski definition) is 2. The SMILES string of the molecule is Cc1cc2oc(=O)cc(C)c2cc1NC(=O)c1cc(CC2CCNC2)ccc1F. The van der Waals surface area contributed by atoms with Crippen molar-refractivity contribution >= 4 is 22.6 Å². The summed E-state index contributed by atoms with van der Waals surface area (Å²) in [5, 5.41) is 6.86. The number of carbonyl (C=O) groups is 1. The molecule has 2 N–H and O–H groups in total. The van der Waals surface area contributed by atoms with Gasteiger partial charge in [-0.15, -0.1) is 0 Å². The van der Waals surface area contributed by atoms with Crippen LogP contribution in [0.15, 0.2) is 45.6 Å². The summed E-state index contributed by atoms with van der Waals surface area (Å²) in [6.07, 6.45) is 1.91. The summed E-state index contributed by atoms with van der Waals surface area (Å²) in [5.74, 6) is -0.528. The van der Waals surface area contributed by atoms with Crippen LogP contribution in [0.5, 0.6) is 0 Å². The van der Waals surface area contributed by atoms with Gasteiger partial charge in [-0.3, -0.25) is 4.79 Å². The first-order chi connectivity index (χ1) is 13.9. The molecule has 1 aromatic heterocycles. The van der Waals surface area contributed by atoms with E-state index in [0.717, 1.165) is 48.0 Å². The van der Waals surface area contributed by atoms with Crippen molar-refractivity contribution in [1.82, 2.24) is 5.32 Å². The van der Waals surface area contributed by atoms with Gasteiger partial charge in [0.15, 0.2) is 0 Å². The molecule has 1 saturated heterocycles. The zero-order valence-corrected chi connectivity index (χ0v) is 16.5. The maximum Gasteiger partial charge on any atom is 0.336 e. The highest BCUT2D eigenvalue weighted by Gasteiger charge is 2.18. The summed E-state index contributed by atoms with van der Waals surface area (Å²) in [5.41, 5.74) is 3.08. The molecule has 0 spiro atoms. The third-order valence-electron chi connectivity index (χ3n) is 5.51. The Morgan fingerprint density at radius 3 is 2.79 bits per heavy atom. The summed E-state index contributed by atoms with van der Waals surface area (Å²) in [4.78, 5) is 24.4. The van der Waals surface area contributed by atoms with E-state index < -0.39 is 17.3 Å². The molecule has 0 saturated carbocycles. The second-order valence-corrected chi connectivity index (χ2v) is 7.74. The molecule has 1 aliphatic heterocycles. The average Bonchev–Trinajstić information content (AvgIpc) is 3.17. The third kappa shape index (κ3) is 4.07. The smallest absolute Gasteiger partial charge is 0.336 e. The quantitative estimate of drug-likeness (QED) is 0.658. The van der Waals surface area contributed by atoms with Crippen LogP contribution < -0.4 is 16.3 Å². The van der Waals surface area contributed by atoms with Crippen molar-refractivity contribution in [2.45, 2.75) is 26.7 Å². The zero-order chi connectivity index (χ0) is 20.5. The van der Waals surface area contributed by atoms with Crippen molar-refractivity contribution in [2.75, 3.05) is 18.4 Å². The Hall–Kier alpha value is -2.99. The number of amides is 1. The first kappa shape index (κ1) is 19.3. The van der Waals surface area contributed by atoms with Gasteiger partial charge in [-0.2, -0.15) is 0 Å². The van der Waals surface area contributed by atoms with Crippen LogP contribution in [-0.4, -0.2) is 19.0 Å². The van der Waals surface area contributed by atoms with Gasteiger partial charge < -0.3 is 15.1 Å². The number of nitrogens with one attached hydrogen (secondary N) is 2. The molecule has 0 aliphatic carbocycles. The molecule has 29 heavy (non-hydrogen) atoms. The van der Waals surface area contributed by atoms with Crippen molar-refractivity contribution < 1.29 is 13.6 Å². The topological polar surface area (TPSA) is 71.3 Å². The van der Waals surface area contributed by atoms with E-state index in [0.29, 0.717) is 17.2 Å². The maximum absolute atomic E-state index is 14.4. The molecule has 1 fully saturated rings. The Bertz CT molecular complexity index is 1150. The molecular formula is C23H23FN2O3. The summed E-state index contributed by atoms with van der Waals surface area (Å²) < 4.78 is 19.6. The monoisotopic (exact) mass is 394 g/mol. The summed E-state index contributed by atoms with van der Waals surface area (Å²) in [6, 6.07) is 9.62. The molecule has 5 nitrogen and oxygen atoms in total. The summed E-state index contributed by atoms with van der Waals surface area (Å²) in [7, 11) is 0. The number of fused-ring (bicyclic) bond motifs is 1. The number of anilines is 1. The molecule has 2 heterocycles. The fourth-order valence-corrected chi connectivity index (χ4v) is 3.89. The largest absolute Gasteiger partial charge is 0.423 e. The Kier molecular flexibility index (Phi) is 5.20. The molecule has 3 aromatic rings. The highest BCUT2D eigenvalue weighted by atomic mass is 19.1. The van der Waals surface area contributed by atoms with Crippen LogP contribution in [0.25, 0.3) is 11.0 Å². The van der Waals surface area contributed by atoms with Crippen molar-refractivity contribution in [3.8, 4) is 0 Å². The van der Waals surface area contributed by atoms with Crippen molar-refractivity contribution in [3.05, 3.63) is 74.9 Å². The lowest BCUT2D eigenvalue weighted by Crippen LogP contribution is -2.16. The standard InChI is InChI=1S/C23H23FN2O3/c1-13-8-22(27)29-21-7-14(2)20(11-17(13)21)26-23(28)18-10-15(3-4-19(18)24)9-16-5-6-25-12-16/h3-4,7-8,10-11,16,25H,5-6,9,12H2,1-2H3,(H,26,28). The lowest BCUT2D eigenvalue weighted by molar-refractivity contribution is 0.102. The number of halogens is 1. The second kappa shape index (κ2) is 7.79. The van der Waals surface area contributed by atoms with Crippen LogP contribution in [0.2, 0.25) is 0 Å². The van der Waals surface area contributed by atoms with Crippen LogP contribution in [0.4, 0.5) is 10.1 Å². The highest BCUT2D eigenvalue weighted by molar-refractivity contribution is 6.06. The van der Waals surface area contributed by atoms with Crippen molar-refractivity contribution in [2.24, 2.45) is 5.92 Å². The lowest BCUT2D eigenvalue weighted by atomic mass is 9.97. The fourth-order valence-electron chi connectivity index (χ4n) is 3.89. The maximum atomic E-state index is 14.4. The molecule has 4 rings (SSSR count). The van der Waals surface area contributed by atoms with Gasteiger partial charge in [0.1, 0.15) is 11.4 Å². The Balaban J connectivity index is 1.62. The van der Waals surface area contributed by atoms with E-state index in [1.807, 2.05) is 0 Å². The molecule has 2 aromatic carbocycles. The van der Waals surface area contributed by atoms with E-state index in [9.17, 15) is 14.0 Å². The van der Waals surface area contributed by atoms with E-state index in [2.05, 4.69) is 10.6 Å². The van der Waals surface area contributed by atoms with Crippen LogP contribution in [0.3, 0.4) is 0 Å². The molecular weight excluding hydrogens is 371 g/mol. The Morgan fingerprint density at radius 1 is 1.21 bits per heavy atom. The van der Waals surface area contributed by atoms with Gasteiger partial charge in [-0.25, -0.2) is 9.18 Å². The molecule has 6 heteroatoms. The Morgan fingerprint density at radius 2 is 2.03 bits per heavy atom. The molecule has 1 aliphatic rings. The first-order valence-electron chi connectivity index (χ1n) is 9.76. The van der Waals surface area contributed by atoms with Crippen molar-refractivity contribution in [1.29, 1.82) is 0 Å². The first-order valence-corrected chi connectivity index (χ1v) is 9.76. The molecule has 0 bridgehead atoms. The zero-order valence-electron chi connectivity index (χ0n) is 16.5. The Labute approximate surface area is 167 Å². The van der Waals surface area contributed by atoms with Gasteiger partial charge in [0, 0.05) is 17.1 Å². The van der Waals surface area contributed by atoms with E-state index in [1.54, 1.807) is 38.1 Å².